The predicted octanol–water partition coefficient (Wildman–Crippen LogP) is 2.87. The van der Waals surface area contributed by atoms with E-state index >= 15 is 0 Å². The SMILES string of the molecule is O=P([O-])([O-])[O-].[Ba+2].[CH2-]C(CC)CCCC.[CH2-]C(CC)CCCC. The van der Waals surface area contributed by atoms with Gasteiger partial charge in [-0.3, -0.25) is 0 Å². The van der Waals surface area contributed by atoms with E-state index in [2.05, 4.69) is 41.5 Å². The van der Waals surface area contributed by atoms with Crippen LogP contribution < -0.4 is 14.7 Å². The second-order valence-corrected chi connectivity index (χ2v) is 6.17. The van der Waals surface area contributed by atoms with Gasteiger partial charge in [0.1, 0.15) is 0 Å². The Hall–Kier alpha value is 1.68. The third kappa shape index (κ3) is 49.5. The molecule has 0 radical (unpaired) electrons. The normalized spacial score (nSPS) is 12.8. The smallest absolute Gasteiger partial charge is 0.822 e. The minimum absolute atomic E-state index is 0. The molecule has 0 aliphatic heterocycles. The standard InChI is InChI=1S/2C8H17.Ba.H3O4P/c2*1-4-6-7-8(3)5-2;;1-5(2,3)4/h2*8H,3-7H2,1-2H3;;(H3,1,2,3,4)/q2*-1;+2;/p-3. The van der Waals surface area contributed by atoms with Gasteiger partial charge in [-0.25, -0.2) is 0 Å². The molecule has 0 amide bonds. The Morgan fingerprint density at radius 3 is 1.18 bits per heavy atom. The molecule has 0 aromatic rings. The van der Waals surface area contributed by atoms with Gasteiger partial charge in [0.05, 0.1) is 0 Å². The van der Waals surface area contributed by atoms with E-state index in [0.29, 0.717) is 11.8 Å². The first-order valence-corrected chi connectivity index (χ1v) is 9.47. The third-order valence-electron chi connectivity index (χ3n) is 3.09. The second-order valence-electron chi connectivity index (χ2n) is 5.28. The van der Waals surface area contributed by atoms with E-state index in [-0.39, 0.29) is 48.9 Å². The van der Waals surface area contributed by atoms with Gasteiger partial charge in [-0.1, -0.05) is 79.1 Å². The van der Waals surface area contributed by atoms with Gasteiger partial charge in [0, 0.05) is 0 Å². The molecule has 132 valence electrons. The summed E-state index contributed by atoms with van der Waals surface area (Å²) in [5.41, 5.74) is 0. The van der Waals surface area contributed by atoms with Crippen molar-refractivity contribution in [3.8, 4) is 0 Å². The zero-order chi connectivity index (χ0) is 17.3. The Labute approximate surface area is 179 Å². The van der Waals surface area contributed by atoms with Gasteiger partial charge in [-0.2, -0.15) is 19.7 Å². The molecule has 0 aliphatic rings. The molecule has 2 unspecified atom stereocenters. The molecule has 0 heterocycles. The maximum atomic E-state index is 8.55. The zero-order valence-corrected chi connectivity index (χ0v) is 20.3. The molecule has 0 N–H and O–H groups in total. The monoisotopic (exact) mass is 459 g/mol. The molecular weight excluding hydrogens is 424 g/mol. The Morgan fingerprint density at radius 2 is 1.05 bits per heavy atom. The fraction of sp³-hybridized carbons (Fsp3) is 0.875. The average molecular weight is 459 g/mol. The van der Waals surface area contributed by atoms with Crippen LogP contribution in [0.25, 0.3) is 0 Å². The molecule has 0 bridgehead atoms. The number of hydrogen-bond donors (Lipinski definition) is 0. The van der Waals surface area contributed by atoms with E-state index in [1.807, 2.05) is 0 Å². The molecular formula is C16H34BaO4P-3. The molecule has 4 nitrogen and oxygen atoms in total. The number of phosphoric acid groups is 1. The van der Waals surface area contributed by atoms with Gasteiger partial charge >= 0.3 is 48.9 Å². The molecule has 6 heteroatoms. The zero-order valence-electron chi connectivity index (χ0n) is 15.0. The fourth-order valence-electron chi connectivity index (χ4n) is 1.39. The number of unbranched alkanes of at least 4 members (excludes halogenated alkanes) is 2. The van der Waals surface area contributed by atoms with Crippen molar-refractivity contribution < 1.29 is 19.2 Å². The van der Waals surface area contributed by atoms with Crippen molar-refractivity contribution in [2.75, 3.05) is 0 Å². The third-order valence-corrected chi connectivity index (χ3v) is 3.09. The molecule has 0 aromatic heterocycles. The quantitative estimate of drug-likeness (QED) is 0.318. The first-order chi connectivity index (χ1) is 9.62. The van der Waals surface area contributed by atoms with Gasteiger partial charge < -0.3 is 33.1 Å². The van der Waals surface area contributed by atoms with Crippen molar-refractivity contribution in [1.82, 2.24) is 0 Å². The van der Waals surface area contributed by atoms with Crippen LogP contribution >= 0.6 is 7.82 Å². The Kier molecular flexibility index (Phi) is 32.4. The van der Waals surface area contributed by atoms with Crippen LogP contribution in [0.15, 0.2) is 0 Å². The van der Waals surface area contributed by atoms with Gasteiger partial charge in [0.2, 0.25) is 0 Å². The fourth-order valence-corrected chi connectivity index (χ4v) is 1.39. The van der Waals surface area contributed by atoms with Crippen molar-refractivity contribution in [2.24, 2.45) is 11.8 Å². The van der Waals surface area contributed by atoms with Crippen molar-refractivity contribution in [3.63, 3.8) is 0 Å². The second kappa shape index (κ2) is 22.7. The summed E-state index contributed by atoms with van der Waals surface area (Å²) in [6.45, 7) is 16.8. The van der Waals surface area contributed by atoms with Crippen molar-refractivity contribution in [1.29, 1.82) is 0 Å². The van der Waals surface area contributed by atoms with Crippen LogP contribution in [0.3, 0.4) is 0 Å². The summed E-state index contributed by atoms with van der Waals surface area (Å²) < 4.78 is 8.55. The van der Waals surface area contributed by atoms with Crippen LogP contribution in [0.1, 0.15) is 79.1 Å². The predicted molar refractivity (Wildman–Crippen MR) is 90.7 cm³/mol. The maximum absolute atomic E-state index is 8.55. The summed E-state index contributed by atoms with van der Waals surface area (Å²) in [7, 11) is -5.39. The van der Waals surface area contributed by atoms with Gasteiger partial charge in [0.25, 0.3) is 0 Å². The van der Waals surface area contributed by atoms with Crippen molar-refractivity contribution in [3.05, 3.63) is 13.8 Å². The minimum atomic E-state index is -5.39. The van der Waals surface area contributed by atoms with Gasteiger partial charge in [-0.15, -0.1) is 0 Å². The van der Waals surface area contributed by atoms with Crippen molar-refractivity contribution in [2.45, 2.75) is 79.1 Å². The molecule has 2 atom stereocenters. The minimum Gasteiger partial charge on any atom is -0.822 e. The molecule has 0 saturated carbocycles. The van der Waals surface area contributed by atoms with Crippen LogP contribution in [0.5, 0.6) is 0 Å². The summed E-state index contributed by atoms with van der Waals surface area (Å²) in [5.74, 6) is 1.41. The first kappa shape index (κ1) is 31.5. The van der Waals surface area contributed by atoms with E-state index in [4.69, 9.17) is 19.2 Å². The topological polar surface area (TPSA) is 86.2 Å². The van der Waals surface area contributed by atoms with E-state index < -0.39 is 7.82 Å². The molecule has 0 rings (SSSR count). The van der Waals surface area contributed by atoms with E-state index in [0.717, 1.165) is 0 Å². The summed E-state index contributed by atoms with van der Waals surface area (Å²) in [4.78, 5) is 25.6. The van der Waals surface area contributed by atoms with E-state index in [1.54, 1.807) is 0 Å². The van der Waals surface area contributed by atoms with Gasteiger partial charge in [-0.05, 0) is 0 Å². The van der Waals surface area contributed by atoms with Crippen LogP contribution in [-0.2, 0) is 4.57 Å². The van der Waals surface area contributed by atoms with E-state index in [9.17, 15) is 0 Å². The number of rotatable bonds is 8. The van der Waals surface area contributed by atoms with Crippen LogP contribution in [0, 0.1) is 25.7 Å². The van der Waals surface area contributed by atoms with Crippen LogP contribution in [-0.4, -0.2) is 48.9 Å². The first-order valence-electron chi connectivity index (χ1n) is 8.01. The van der Waals surface area contributed by atoms with Crippen LogP contribution in [0.4, 0.5) is 0 Å². The largest absolute Gasteiger partial charge is 2.00 e. The summed E-state index contributed by atoms with van der Waals surface area (Å²) in [5, 5.41) is 0. The van der Waals surface area contributed by atoms with Crippen molar-refractivity contribution >= 4 is 56.7 Å². The molecule has 0 saturated heterocycles. The summed E-state index contributed by atoms with van der Waals surface area (Å²) >= 11 is 0. The summed E-state index contributed by atoms with van der Waals surface area (Å²) in [6.07, 6.45) is 10.4. The Balaban J connectivity index is -0.000000111. The number of hydrogen-bond acceptors (Lipinski definition) is 4. The Morgan fingerprint density at radius 1 is 0.818 bits per heavy atom. The average Bonchev–Trinajstić information content (AvgIpc) is 2.40. The maximum Gasteiger partial charge on any atom is 2.00 e. The Bertz CT molecular complexity index is 212. The van der Waals surface area contributed by atoms with Crippen LogP contribution in [0.2, 0.25) is 0 Å². The molecule has 0 spiro atoms. The summed E-state index contributed by atoms with van der Waals surface area (Å²) in [6, 6.07) is 0. The molecule has 0 fully saturated rings. The molecule has 22 heavy (non-hydrogen) atoms. The molecule has 0 aromatic carbocycles. The van der Waals surface area contributed by atoms with E-state index in [1.165, 1.54) is 51.4 Å². The van der Waals surface area contributed by atoms with Gasteiger partial charge in [0.15, 0.2) is 0 Å². The molecule has 0 aliphatic carbocycles.